The van der Waals surface area contributed by atoms with Crippen molar-refractivity contribution < 1.29 is 23.2 Å². The summed E-state index contributed by atoms with van der Waals surface area (Å²) in [5.41, 5.74) is 4.45. The van der Waals surface area contributed by atoms with Gasteiger partial charge in [-0.3, -0.25) is 10.3 Å². The summed E-state index contributed by atoms with van der Waals surface area (Å²) in [6.45, 7) is 12.4. The molecular weight excluding hydrogens is 564 g/mol. The third kappa shape index (κ3) is 6.79. The molecule has 0 aliphatic carbocycles. The van der Waals surface area contributed by atoms with E-state index in [1.54, 1.807) is 38.1 Å². The lowest BCUT2D eigenvalue weighted by Crippen LogP contribution is -2.35. The fourth-order valence-electron chi connectivity index (χ4n) is 5.67. The number of nitrogens with one attached hydrogen (secondary N) is 4. The van der Waals surface area contributed by atoms with Crippen molar-refractivity contribution in [2.45, 2.75) is 69.6 Å². The number of aromatic nitrogens is 3. The molecule has 1 fully saturated rings. The van der Waals surface area contributed by atoms with Crippen molar-refractivity contribution in [1.29, 1.82) is 0 Å². The number of aliphatic hydroxyl groups is 1. The molecule has 0 unspecified atom stereocenters. The van der Waals surface area contributed by atoms with Crippen LogP contribution in [0.5, 0.6) is 5.75 Å². The van der Waals surface area contributed by atoms with Gasteiger partial charge in [0.05, 0.1) is 33.9 Å². The van der Waals surface area contributed by atoms with Gasteiger partial charge in [0.1, 0.15) is 5.69 Å². The maximum Gasteiger partial charge on any atom is 0.351 e. The number of aromatic amines is 2. The second kappa shape index (κ2) is 12.9. The zero-order valence-corrected chi connectivity index (χ0v) is 26.4. The molecule has 1 aliphatic rings. The van der Waals surface area contributed by atoms with Crippen LogP contribution in [0.2, 0.25) is 0 Å². The predicted octanol–water partition coefficient (Wildman–Crippen LogP) is 5.31. The lowest BCUT2D eigenvalue weighted by molar-refractivity contribution is -0.333. The van der Waals surface area contributed by atoms with Crippen LogP contribution in [0.3, 0.4) is 0 Å². The molecule has 5 N–H and O–H groups in total. The van der Waals surface area contributed by atoms with E-state index in [9.17, 15) is 13.5 Å². The maximum atomic E-state index is 13.1. The van der Waals surface area contributed by atoms with Crippen molar-refractivity contribution in [3.63, 3.8) is 0 Å². The van der Waals surface area contributed by atoms with Crippen LogP contribution in [0.15, 0.2) is 53.6 Å². The Hall–Kier alpha value is -3.67. The fourth-order valence-corrected chi connectivity index (χ4v) is 6.87. The van der Waals surface area contributed by atoms with Gasteiger partial charge < -0.3 is 20.1 Å². The number of piperidine rings is 1. The molecule has 4 aromatic rings. The summed E-state index contributed by atoms with van der Waals surface area (Å²) in [4.78, 5) is 13.9. The number of β-amino-alcohol motifs (C(OH)–C–C–N with tert-alkyl or cyclic N) is 1. The monoisotopic (exact) mass is 607 g/mol. The molecule has 1 aliphatic heterocycles. The molecule has 0 atom stereocenters. The second-order valence-corrected chi connectivity index (χ2v) is 14.2. The molecule has 0 amide bonds. The molecule has 10 nitrogen and oxygen atoms in total. The van der Waals surface area contributed by atoms with Gasteiger partial charge in [-0.05, 0) is 108 Å². The van der Waals surface area contributed by atoms with Crippen molar-refractivity contribution >= 4 is 44.0 Å². The van der Waals surface area contributed by atoms with E-state index in [4.69, 9.17) is 9.72 Å². The van der Waals surface area contributed by atoms with E-state index in [0.717, 1.165) is 54.9 Å². The largest absolute Gasteiger partial charge is 0.488 e. The SMILES string of the molecule is Cc1cc(Nc2nc(Nc3ccccc3S(=O)(=O)C(C)C)c3cc[nH]c3[nH+]2)c(OC(C)C)cc1C1CCN(CCO)CC1. The van der Waals surface area contributed by atoms with Crippen molar-refractivity contribution in [2.24, 2.45) is 0 Å². The lowest BCUT2D eigenvalue weighted by atomic mass is 9.86. The Kier molecular flexibility index (Phi) is 9.24. The van der Waals surface area contributed by atoms with Gasteiger partial charge in [-0.15, -0.1) is 0 Å². The molecule has 11 heteroatoms. The highest BCUT2D eigenvalue weighted by molar-refractivity contribution is 7.92. The Bertz CT molecular complexity index is 1680. The number of aryl methyl sites for hydroxylation is 1. The van der Waals surface area contributed by atoms with E-state index in [2.05, 4.69) is 44.6 Å². The number of aliphatic hydroxyl groups excluding tert-OH is 1. The van der Waals surface area contributed by atoms with Crippen LogP contribution in [0.1, 0.15) is 57.6 Å². The normalized spacial score (nSPS) is 15.0. The van der Waals surface area contributed by atoms with Crippen LogP contribution in [-0.2, 0) is 9.84 Å². The highest BCUT2D eigenvalue weighted by atomic mass is 32.2. The summed E-state index contributed by atoms with van der Waals surface area (Å²) in [7, 11) is -3.52. The number of fused-ring (bicyclic) bond motifs is 1. The number of H-pyrrole nitrogens is 2. The number of likely N-dealkylation sites (tertiary alicyclic amines) is 1. The number of para-hydroxylation sites is 1. The number of ether oxygens (including phenoxy) is 1. The summed E-state index contributed by atoms with van der Waals surface area (Å²) in [5.74, 6) is 2.16. The molecule has 0 spiro atoms. The van der Waals surface area contributed by atoms with Gasteiger partial charge in [0.25, 0.3) is 0 Å². The minimum Gasteiger partial charge on any atom is -0.488 e. The third-order valence-corrected chi connectivity index (χ3v) is 10.2. The van der Waals surface area contributed by atoms with Gasteiger partial charge in [0.2, 0.25) is 11.5 Å². The number of hydrogen-bond acceptors (Lipinski definition) is 8. The smallest absolute Gasteiger partial charge is 0.351 e. The average Bonchev–Trinajstić information content (AvgIpc) is 3.44. The Morgan fingerprint density at radius 1 is 1.09 bits per heavy atom. The average molecular weight is 608 g/mol. The zero-order chi connectivity index (χ0) is 30.7. The molecular formula is C32H43N6O4S+. The van der Waals surface area contributed by atoms with Gasteiger partial charge >= 0.3 is 5.95 Å². The summed E-state index contributed by atoms with van der Waals surface area (Å²) >= 11 is 0. The van der Waals surface area contributed by atoms with E-state index in [-0.39, 0.29) is 17.6 Å². The summed E-state index contributed by atoms with van der Waals surface area (Å²) in [6, 6.07) is 13.1. The van der Waals surface area contributed by atoms with Crippen LogP contribution in [0, 0.1) is 6.92 Å². The number of hydrogen-bond donors (Lipinski definition) is 4. The van der Waals surface area contributed by atoms with Crippen LogP contribution in [0.4, 0.5) is 23.1 Å². The molecule has 0 bridgehead atoms. The highest BCUT2D eigenvalue weighted by Crippen LogP contribution is 2.38. The second-order valence-electron chi connectivity index (χ2n) is 11.8. The molecule has 2 aromatic carbocycles. The van der Waals surface area contributed by atoms with Crippen molar-refractivity contribution in [1.82, 2.24) is 14.9 Å². The minimum absolute atomic E-state index is 0.0260. The molecule has 1 saturated heterocycles. The lowest BCUT2D eigenvalue weighted by Gasteiger charge is -2.32. The van der Waals surface area contributed by atoms with E-state index >= 15 is 0 Å². The third-order valence-electron chi connectivity index (χ3n) is 7.96. The van der Waals surface area contributed by atoms with Gasteiger partial charge in [0, 0.05) is 12.7 Å². The van der Waals surface area contributed by atoms with Gasteiger partial charge in [0.15, 0.2) is 15.6 Å². The van der Waals surface area contributed by atoms with E-state index in [1.807, 2.05) is 26.1 Å². The van der Waals surface area contributed by atoms with Gasteiger partial charge in [-0.1, -0.05) is 17.1 Å². The fraction of sp³-hybridized carbons (Fsp3) is 0.438. The highest BCUT2D eigenvalue weighted by Gasteiger charge is 2.26. The molecule has 43 heavy (non-hydrogen) atoms. The summed E-state index contributed by atoms with van der Waals surface area (Å²) < 4.78 is 32.5. The van der Waals surface area contributed by atoms with Crippen molar-refractivity contribution in [3.8, 4) is 5.75 Å². The number of rotatable bonds is 11. The minimum atomic E-state index is -3.52. The number of nitrogens with zero attached hydrogens (tertiary/aromatic N) is 2. The molecule has 5 rings (SSSR count). The van der Waals surface area contributed by atoms with Crippen LogP contribution in [0.25, 0.3) is 11.0 Å². The van der Waals surface area contributed by atoms with Crippen LogP contribution < -0.4 is 20.4 Å². The van der Waals surface area contributed by atoms with E-state index in [1.165, 1.54) is 11.1 Å². The first-order chi connectivity index (χ1) is 20.6. The first kappa shape index (κ1) is 30.8. The number of benzene rings is 2. The molecule has 2 aromatic heterocycles. The Balaban J connectivity index is 1.48. The number of anilines is 4. The molecule has 0 saturated carbocycles. The zero-order valence-electron chi connectivity index (χ0n) is 25.6. The summed E-state index contributed by atoms with van der Waals surface area (Å²) in [6.07, 6.45) is 3.86. The van der Waals surface area contributed by atoms with Gasteiger partial charge in [-0.2, -0.15) is 0 Å². The first-order valence-electron chi connectivity index (χ1n) is 15.0. The van der Waals surface area contributed by atoms with E-state index in [0.29, 0.717) is 23.4 Å². The Morgan fingerprint density at radius 2 is 1.84 bits per heavy atom. The van der Waals surface area contributed by atoms with Crippen molar-refractivity contribution in [3.05, 3.63) is 59.8 Å². The van der Waals surface area contributed by atoms with Crippen molar-refractivity contribution in [2.75, 3.05) is 36.9 Å². The molecule has 0 radical (unpaired) electrons. The Morgan fingerprint density at radius 3 is 2.53 bits per heavy atom. The first-order valence-corrected chi connectivity index (χ1v) is 16.5. The number of sulfone groups is 1. The summed E-state index contributed by atoms with van der Waals surface area (Å²) in [5, 5.41) is 16.3. The quantitative estimate of drug-likeness (QED) is 0.180. The van der Waals surface area contributed by atoms with E-state index < -0.39 is 15.1 Å². The van der Waals surface area contributed by atoms with Gasteiger partial charge in [-0.25, -0.2) is 13.4 Å². The Labute approximate surface area is 253 Å². The van der Waals surface area contributed by atoms with Crippen LogP contribution in [-0.4, -0.2) is 66.0 Å². The topological polar surface area (TPSA) is 134 Å². The molecule has 3 heterocycles. The van der Waals surface area contributed by atoms with Crippen LogP contribution >= 0.6 is 0 Å². The standard InChI is InChI=1S/C32H42N6O4S/c1-20(2)42-28-19-25(23-11-14-38(15-12-23)16-17-39)22(5)18-27(28)35-32-36-30-24(10-13-33-30)31(37-32)34-26-8-6-7-9-29(26)43(40,41)21(3)4/h6-10,13,18-21,23,39H,11-12,14-17H2,1-5H3,(H3,33,34,35,36,37)/p+1. The predicted molar refractivity (Wildman–Crippen MR) is 170 cm³/mol. The maximum absolute atomic E-state index is 13.1. The molecule has 230 valence electrons.